The summed E-state index contributed by atoms with van der Waals surface area (Å²) in [6, 6.07) is 7.33. The Labute approximate surface area is 90.0 Å². The minimum absolute atomic E-state index is 0.0583. The Kier molecular flexibility index (Phi) is 5.51. The van der Waals surface area contributed by atoms with Gasteiger partial charge in [0.2, 0.25) is 0 Å². The number of ether oxygens (including phenoxy) is 2. The standard InChI is InChI=1S/C12H16O3/c1-2-7-14-8-9-15-12-5-3-11(10-13)4-6-12/h2-6,13H,1,7-10H2. The fourth-order valence-corrected chi connectivity index (χ4v) is 1.08. The molecular weight excluding hydrogens is 192 g/mol. The molecule has 0 aliphatic heterocycles. The fraction of sp³-hybridized carbons (Fsp3) is 0.333. The highest BCUT2D eigenvalue weighted by Gasteiger charge is 1.94. The van der Waals surface area contributed by atoms with Gasteiger partial charge in [-0.25, -0.2) is 0 Å². The molecule has 1 aromatic rings. The molecule has 0 saturated heterocycles. The highest BCUT2D eigenvalue weighted by molar-refractivity contribution is 5.26. The molecule has 0 radical (unpaired) electrons. The molecule has 0 unspecified atom stereocenters. The second-order valence-electron chi connectivity index (χ2n) is 3.01. The molecule has 0 amide bonds. The van der Waals surface area contributed by atoms with Gasteiger partial charge in [0.05, 0.1) is 19.8 Å². The Hall–Kier alpha value is -1.32. The zero-order valence-corrected chi connectivity index (χ0v) is 8.69. The van der Waals surface area contributed by atoms with Crippen LogP contribution in [0.4, 0.5) is 0 Å². The van der Waals surface area contributed by atoms with Crippen LogP contribution in [-0.2, 0) is 11.3 Å². The van der Waals surface area contributed by atoms with E-state index in [4.69, 9.17) is 14.6 Å². The van der Waals surface area contributed by atoms with Crippen LogP contribution in [0.25, 0.3) is 0 Å². The average Bonchev–Trinajstić information content (AvgIpc) is 2.30. The molecule has 0 aliphatic rings. The van der Waals surface area contributed by atoms with Gasteiger partial charge < -0.3 is 14.6 Å². The summed E-state index contributed by atoms with van der Waals surface area (Å²) in [5, 5.41) is 8.83. The number of hydrogen-bond donors (Lipinski definition) is 1. The van der Waals surface area contributed by atoms with Crippen LogP contribution in [0.2, 0.25) is 0 Å². The lowest BCUT2D eigenvalue weighted by Gasteiger charge is -2.06. The van der Waals surface area contributed by atoms with E-state index in [1.54, 1.807) is 6.08 Å². The molecule has 1 N–H and O–H groups in total. The molecule has 0 spiro atoms. The maximum atomic E-state index is 8.83. The number of benzene rings is 1. The van der Waals surface area contributed by atoms with E-state index in [9.17, 15) is 0 Å². The highest BCUT2D eigenvalue weighted by atomic mass is 16.5. The summed E-state index contributed by atoms with van der Waals surface area (Å²) in [5.74, 6) is 0.786. The molecule has 0 fully saturated rings. The van der Waals surface area contributed by atoms with Gasteiger partial charge in [0.25, 0.3) is 0 Å². The smallest absolute Gasteiger partial charge is 0.119 e. The van der Waals surface area contributed by atoms with Crippen molar-refractivity contribution >= 4 is 0 Å². The lowest BCUT2D eigenvalue weighted by molar-refractivity contribution is 0.121. The maximum absolute atomic E-state index is 8.83. The van der Waals surface area contributed by atoms with Crippen molar-refractivity contribution in [3.63, 3.8) is 0 Å². The first-order chi connectivity index (χ1) is 7.36. The summed E-state index contributed by atoms with van der Waals surface area (Å²) in [5.41, 5.74) is 0.880. The van der Waals surface area contributed by atoms with Crippen LogP contribution in [0, 0.1) is 0 Å². The zero-order valence-electron chi connectivity index (χ0n) is 8.69. The maximum Gasteiger partial charge on any atom is 0.119 e. The van der Waals surface area contributed by atoms with Crippen LogP contribution in [-0.4, -0.2) is 24.9 Å². The third-order valence-corrected chi connectivity index (χ3v) is 1.84. The van der Waals surface area contributed by atoms with Gasteiger partial charge in [0.15, 0.2) is 0 Å². The van der Waals surface area contributed by atoms with Gasteiger partial charge in [-0.1, -0.05) is 18.2 Å². The van der Waals surface area contributed by atoms with E-state index >= 15 is 0 Å². The van der Waals surface area contributed by atoms with Crippen molar-refractivity contribution in [3.05, 3.63) is 42.5 Å². The normalized spacial score (nSPS) is 9.93. The molecule has 0 heterocycles. The van der Waals surface area contributed by atoms with Crippen LogP contribution >= 0.6 is 0 Å². The van der Waals surface area contributed by atoms with Crippen LogP contribution in [0.15, 0.2) is 36.9 Å². The predicted molar refractivity (Wildman–Crippen MR) is 58.9 cm³/mol. The molecule has 15 heavy (non-hydrogen) atoms. The third kappa shape index (κ3) is 4.63. The van der Waals surface area contributed by atoms with Crippen molar-refractivity contribution in [2.75, 3.05) is 19.8 Å². The van der Waals surface area contributed by atoms with E-state index in [0.717, 1.165) is 11.3 Å². The summed E-state index contributed by atoms with van der Waals surface area (Å²) in [6.45, 7) is 5.22. The predicted octanol–water partition coefficient (Wildman–Crippen LogP) is 1.76. The minimum Gasteiger partial charge on any atom is -0.491 e. The van der Waals surface area contributed by atoms with Crippen LogP contribution in [0.3, 0.4) is 0 Å². The molecule has 0 bridgehead atoms. The van der Waals surface area contributed by atoms with E-state index in [-0.39, 0.29) is 6.61 Å². The molecule has 82 valence electrons. The average molecular weight is 208 g/mol. The van der Waals surface area contributed by atoms with E-state index < -0.39 is 0 Å². The van der Waals surface area contributed by atoms with Crippen LogP contribution < -0.4 is 4.74 Å². The Bertz CT molecular complexity index is 279. The Morgan fingerprint density at radius 2 is 1.93 bits per heavy atom. The molecule has 0 atom stereocenters. The minimum atomic E-state index is 0.0583. The van der Waals surface area contributed by atoms with Crippen molar-refractivity contribution in [3.8, 4) is 5.75 Å². The van der Waals surface area contributed by atoms with Crippen molar-refractivity contribution in [1.29, 1.82) is 0 Å². The number of rotatable bonds is 7. The Balaban J connectivity index is 2.22. The second-order valence-corrected chi connectivity index (χ2v) is 3.01. The van der Waals surface area contributed by atoms with Gasteiger partial charge >= 0.3 is 0 Å². The quantitative estimate of drug-likeness (QED) is 0.548. The van der Waals surface area contributed by atoms with E-state index in [1.807, 2.05) is 24.3 Å². The molecule has 1 rings (SSSR count). The van der Waals surface area contributed by atoms with Gasteiger partial charge in [-0.05, 0) is 17.7 Å². The van der Waals surface area contributed by atoms with Crippen molar-refractivity contribution < 1.29 is 14.6 Å². The first-order valence-corrected chi connectivity index (χ1v) is 4.88. The fourth-order valence-electron chi connectivity index (χ4n) is 1.08. The summed E-state index contributed by atoms with van der Waals surface area (Å²) >= 11 is 0. The highest BCUT2D eigenvalue weighted by Crippen LogP contribution is 2.11. The van der Waals surface area contributed by atoms with Gasteiger partial charge in [0.1, 0.15) is 12.4 Å². The molecular formula is C12H16O3. The summed E-state index contributed by atoms with van der Waals surface area (Å²) in [4.78, 5) is 0. The number of aliphatic hydroxyl groups is 1. The van der Waals surface area contributed by atoms with Gasteiger partial charge in [-0.3, -0.25) is 0 Å². The van der Waals surface area contributed by atoms with Crippen molar-refractivity contribution in [2.45, 2.75) is 6.61 Å². The Morgan fingerprint density at radius 3 is 2.53 bits per heavy atom. The topological polar surface area (TPSA) is 38.7 Å². The lowest BCUT2D eigenvalue weighted by Crippen LogP contribution is -2.06. The first-order valence-electron chi connectivity index (χ1n) is 4.88. The first kappa shape index (κ1) is 11.8. The summed E-state index contributed by atoms with van der Waals surface area (Å²) in [7, 11) is 0. The van der Waals surface area contributed by atoms with E-state index in [0.29, 0.717) is 19.8 Å². The van der Waals surface area contributed by atoms with Crippen molar-refractivity contribution in [1.82, 2.24) is 0 Å². The molecule has 0 saturated carbocycles. The number of hydrogen-bond acceptors (Lipinski definition) is 3. The monoisotopic (exact) mass is 208 g/mol. The van der Waals surface area contributed by atoms with E-state index in [2.05, 4.69) is 6.58 Å². The van der Waals surface area contributed by atoms with Gasteiger partial charge in [0, 0.05) is 0 Å². The molecule has 1 aromatic carbocycles. The van der Waals surface area contributed by atoms with Gasteiger partial charge in [-0.15, -0.1) is 6.58 Å². The van der Waals surface area contributed by atoms with Crippen LogP contribution in [0.5, 0.6) is 5.75 Å². The van der Waals surface area contributed by atoms with Crippen LogP contribution in [0.1, 0.15) is 5.56 Å². The molecule has 0 aromatic heterocycles. The van der Waals surface area contributed by atoms with Crippen molar-refractivity contribution in [2.24, 2.45) is 0 Å². The van der Waals surface area contributed by atoms with E-state index in [1.165, 1.54) is 0 Å². The van der Waals surface area contributed by atoms with Gasteiger partial charge in [-0.2, -0.15) is 0 Å². The SMILES string of the molecule is C=CCOCCOc1ccc(CO)cc1. The Morgan fingerprint density at radius 1 is 1.20 bits per heavy atom. The summed E-state index contributed by atoms with van der Waals surface area (Å²) < 4.78 is 10.6. The summed E-state index contributed by atoms with van der Waals surface area (Å²) in [6.07, 6.45) is 1.70. The molecule has 3 heteroatoms. The largest absolute Gasteiger partial charge is 0.491 e. The second kappa shape index (κ2) is 7.04. The molecule has 0 aliphatic carbocycles. The molecule has 3 nitrogen and oxygen atoms in total. The lowest BCUT2D eigenvalue weighted by atomic mass is 10.2. The zero-order chi connectivity index (χ0) is 10.9. The number of aliphatic hydroxyl groups excluding tert-OH is 1. The third-order valence-electron chi connectivity index (χ3n) is 1.84.